The molecule has 15 heavy (non-hydrogen) atoms. The molecule has 0 saturated heterocycles. The van der Waals surface area contributed by atoms with Crippen molar-refractivity contribution in [3.63, 3.8) is 0 Å². The minimum Gasteiger partial charge on any atom is -0.303 e. The molecule has 1 nitrogen and oxygen atoms in total. The van der Waals surface area contributed by atoms with Crippen LogP contribution in [0.15, 0.2) is 0 Å². The third kappa shape index (κ3) is 0.906. The topological polar surface area (TPSA) is 3.24 Å². The van der Waals surface area contributed by atoms with Gasteiger partial charge in [-0.25, -0.2) is 0 Å². The fraction of sp³-hybridized carbons (Fsp3) is 1.00. The summed E-state index contributed by atoms with van der Waals surface area (Å²) in [5.74, 6) is 2.09. The van der Waals surface area contributed by atoms with Gasteiger partial charge in [-0.3, -0.25) is 0 Å². The molecule has 3 aliphatic carbocycles. The zero-order chi connectivity index (χ0) is 10.7. The van der Waals surface area contributed by atoms with E-state index in [-0.39, 0.29) is 0 Å². The molecule has 0 unspecified atom stereocenters. The van der Waals surface area contributed by atoms with E-state index < -0.39 is 0 Å². The summed E-state index contributed by atoms with van der Waals surface area (Å²) in [5.41, 5.74) is 1.31. The Hall–Kier alpha value is -0.0400. The van der Waals surface area contributed by atoms with Gasteiger partial charge in [-0.2, -0.15) is 0 Å². The maximum absolute atomic E-state index is 2.62. The second kappa shape index (κ2) is 3.00. The molecule has 0 spiro atoms. The van der Waals surface area contributed by atoms with E-state index in [4.69, 9.17) is 0 Å². The average Bonchev–Trinajstić information content (AvgIpc) is 2.88. The van der Waals surface area contributed by atoms with Crippen LogP contribution in [0, 0.1) is 17.3 Å². The summed E-state index contributed by atoms with van der Waals surface area (Å²) < 4.78 is 0. The first-order valence-electron chi connectivity index (χ1n) is 6.85. The van der Waals surface area contributed by atoms with E-state index in [1.165, 1.54) is 38.5 Å². The number of nitrogens with zero attached hydrogens (tertiary/aromatic N) is 1. The van der Waals surface area contributed by atoms with Gasteiger partial charge in [0.25, 0.3) is 0 Å². The summed E-state index contributed by atoms with van der Waals surface area (Å²) >= 11 is 0. The Morgan fingerprint density at radius 3 is 2.47 bits per heavy atom. The smallest absolute Gasteiger partial charge is 0.0290 e. The number of rotatable bonds is 2. The van der Waals surface area contributed by atoms with Gasteiger partial charge in [0.05, 0.1) is 0 Å². The maximum atomic E-state index is 2.62. The molecule has 0 N–H and O–H groups in total. The molecule has 0 radical (unpaired) electrons. The lowest BCUT2D eigenvalue weighted by Crippen LogP contribution is -2.57. The zero-order valence-corrected chi connectivity index (χ0v) is 10.6. The fourth-order valence-corrected chi connectivity index (χ4v) is 6.03. The van der Waals surface area contributed by atoms with Gasteiger partial charge in [-0.15, -0.1) is 0 Å². The van der Waals surface area contributed by atoms with Gasteiger partial charge in [0, 0.05) is 5.54 Å². The number of hydrogen-bond donors (Lipinski definition) is 0. The Morgan fingerprint density at radius 1 is 1.13 bits per heavy atom. The van der Waals surface area contributed by atoms with Gasteiger partial charge in [0.1, 0.15) is 0 Å². The lowest BCUT2D eigenvalue weighted by atomic mass is 9.61. The molecule has 0 aromatic rings. The lowest BCUT2D eigenvalue weighted by molar-refractivity contribution is -0.0309. The first-order chi connectivity index (χ1) is 7.17. The fourth-order valence-electron chi connectivity index (χ4n) is 6.03. The summed E-state index contributed by atoms with van der Waals surface area (Å²) in [7, 11) is 4.69. The van der Waals surface area contributed by atoms with Crippen molar-refractivity contribution >= 4 is 0 Å². The quantitative estimate of drug-likeness (QED) is 0.671. The molecule has 3 rings (SSSR count). The summed E-state index contributed by atoms with van der Waals surface area (Å²) in [4.78, 5) is 2.62. The van der Waals surface area contributed by atoms with Crippen molar-refractivity contribution in [1.29, 1.82) is 0 Å². The monoisotopic (exact) mass is 207 g/mol. The molecule has 0 aromatic carbocycles. The van der Waals surface area contributed by atoms with Crippen LogP contribution in [0.1, 0.15) is 51.9 Å². The minimum absolute atomic E-state index is 0.602. The Labute approximate surface area is 94.2 Å². The van der Waals surface area contributed by atoms with Crippen LogP contribution in [0.2, 0.25) is 0 Å². The van der Waals surface area contributed by atoms with E-state index >= 15 is 0 Å². The van der Waals surface area contributed by atoms with Crippen molar-refractivity contribution in [3.05, 3.63) is 0 Å². The van der Waals surface area contributed by atoms with Crippen molar-refractivity contribution in [1.82, 2.24) is 4.90 Å². The van der Waals surface area contributed by atoms with Crippen molar-refractivity contribution in [2.24, 2.45) is 17.3 Å². The molecular weight excluding hydrogens is 182 g/mol. The lowest BCUT2D eigenvalue weighted by Gasteiger charge is -2.53. The van der Waals surface area contributed by atoms with E-state index in [0.29, 0.717) is 11.0 Å². The highest BCUT2D eigenvalue weighted by Crippen LogP contribution is 2.71. The molecule has 86 valence electrons. The third-order valence-electron chi connectivity index (χ3n) is 6.36. The van der Waals surface area contributed by atoms with Crippen LogP contribution in [0.3, 0.4) is 0 Å². The van der Waals surface area contributed by atoms with Gasteiger partial charge in [0.2, 0.25) is 0 Å². The molecule has 4 atom stereocenters. The first-order valence-corrected chi connectivity index (χ1v) is 6.85. The zero-order valence-electron chi connectivity index (χ0n) is 10.6. The van der Waals surface area contributed by atoms with Crippen LogP contribution in [-0.4, -0.2) is 24.5 Å². The predicted molar refractivity (Wildman–Crippen MR) is 63.8 cm³/mol. The maximum Gasteiger partial charge on any atom is 0.0290 e. The largest absolute Gasteiger partial charge is 0.303 e. The van der Waals surface area contributed by atoms with Gasteiger partial charge in [0.15, 0.2) is 0 Å². The second-order valence-electron chi connectivity index (χ2n) is 6.39. The molecule has 0 heterocycles. The van der Waals surface area contributed by atoms with Gasteiger partial charge in [-0.05, 0) is 69.9 Å². The molecule has 0 amide bonds. The molecule has 0 aromatic heterocycles. The molecule has 3 aliphatic rings. The van der Waals surface area contributed by atoms with Crippen molar-refractivity contribution in [2.45, 2.75) is 57.4 Å². The van der Waals surface area contributed by atoms with E-state index in [1.807, 2.05) is 0 Å². The van der Waals surface area contributed by atoms with Crippen molar-refractivity contribution in [3.8, 4) is 0 Å². The normalized spacial score (nSPS) is 52.8. The van der Waals surface area contributed by atoms with Crippen molar-refractivity contribution in [2.75, 3.05) is 14.1 Å². The van der Waals surface area contributed by atoms with E-state index in [9.17, 15) is 0 Å². The van der Waals surface area contributed by atoms with Crippen LogP contribution >= 0.6 is 0 Å². The number of fused-ring (bicyclic) bond motifs is 5. The Morgan fingerprint density at radius 2 is 1.87 bits per heavy atom. The highest BCUT2D eigenvalue weighted by Gasteiger charge is 2.68. The highest BCUT2D eigenvalue weighted by molar-refractivity contribution is 5.21. The van der Waals surface area contributed by atoms with Crippen LogP contribution < -0.4 is 0 Å². The predicted octanol–water partition coefficient (Wildman–Crippen LogP) is 3.30. The Balaban J connectivity index is 2.09. The van der Waals surface area contributed by atoms with E-state index in [1.54, 1.807) is 6.42 Å². The summed E-state index contributed by atoms with van der Waals surface area (Å²) in [6, 6.07) is 0. The molecule has 3 fully saturated rings. The standard InChI is InChI=1S/C14H25N/c1-4-13-8-5-9-14(13,15(2)3)12-7-6-11(13)10-12/h11-12H,4-10H2,1-3H3/t11-,12+,13+,14+/m1/s1. The summed E-state index contributed by atoms with van der Waals surface area (Å²) in [6.45, 7) is 2.45. The Bertz CT molecular complexity index is 273. The van der Waals surface area contributed by atoms with Crippen LogP contribution in [-0.2, 0) is 0 Å². The summed E-state index contributed by atoms with van der Waals surface area (Å²) in [6.07, 6.45) is 10.5. The average molecular weight is 207 g/mol. The minimum atomic E-state index is 0.602. The third-order valence-corrected chi connectivity index (χ3v) is 6.36. The van der Waals surface area contributed by atoms with Crippen LogP contribution in [0.25, 0.3) is 0 Å². The second-order valence-corrected chi connectivity index (χ2v) is 6.39. The van der Waals surface area contributed by atoms with Gasteiger partial charge >= 0.3 is 0 Å². The molecule has 1 heteroatoms. The number of hydrogen-bond acceptors (Lipinski definition) is 1. The molecular formula is C14H25N. The van der Waals surface area contributed by atoms with Gasteiger partial charge in [-0.1, -0.05) is 13.3 Å². The Kier molecular flexibility index (Phi) is 2.03. The van der Waals surface area contributed by atoms with E-state index in [2.05, 4.69) is 25.9 Å². The van der Waals surface area contributed by atoms with Crippen LogP contribution in [0.4, 0.5) is 0 Å². The van der Waals surface area contributed by atoms with Crippen molar-refractivity contribution < 1.29 is 0 Å². The summed E-state index contributed by atoms with van der Waals surface area (Å²) in [5, 5.41) is 0. The van der Waals surface area contributed by atoms with Gasteiger partial charge < -0.3 is 4.90 Å². The first kappa shape index (κ1) is 10.1. The molecule has 0 aliphatic heterocycles. The van der Waals surface area contributed by atoms with Crippen LogP contribution in [0.5, 0.6) is 0 Å². The molecule has 3 saturated carbocycles. The SMILES string of the molecule is CC[C@@]12CCC[C@]1(N(C)C)[C@H]1CC[C@@H]2C1. The highest BCUT2D eigenvalue weighted by atomic mass is 15.2. The molecule has 2 bridgehead atoms. The van der Waals surface area contributed by atoms with E-state index in [0.717, 1.165) is 11.8 Å².